The molecule has 2 nitrogen and oxygen atoms in total. The van der Waals surface area contributed by atoms with Gasteiger partial charge in [-0.3, -0.25) is 4.79 Å². The minimum Gasteiger partial charge on any atom is -0.462 e. The van der Waals surface area contributed by atoms with Crippen molar-refractivity contribution in [1.82, 2.24) is 0 Å². The molecule has 1 aliphatic rings. The zero-order chi connectivity index (χ0) is 15.2. The number of ether oxygens (including phenoxy) is 1. The number of carbonyl (C=O) groups excluding carboxylic acids is 1. The highest BCUT2D eigenvalue weighted by Crippen LogP contribution is 2.20. The summed E-state index contributed by atoms with van der Waals surface area (Å²) in [5, 5.41) is 0. The van der Waals surface area contributed by atoms with E-state index in [1.165, 1.54) is 77.0 Å². The zero-order valence-corrected chi connectivity index (χ0v) is 14.2. The van der Waals surface area contributed by atoms with Gasteiger partial charge in [0.25, 0.3) is 0 Å². The molecule has 0 radical (unpaired) electrons. The molecule has 0 aliphatic heterocycles. The predicted molar refractivity (Wildman–Crippen MR) is 89.4 cm³/mol. The van der Waals surface area contributed by atoms with Crippen LogP contribution in [0, 0.1) is 0 Å². The van der Waals surface area contributed by atoms with Gasteiger partial charge in [-0.15, -0.1) is 0 Å². The van der Waals surface area contributed by atoms with E-state index in [0.29, 0.717) is 6.42 Å². The van der Waals surface area contributed by atoms with Gasteiger partial charge in [-0.25, -0.2) is 0 Å². The Hall–Kier alpha value is -0.530. The molecule has 124 valence electrons. The molecule has 0 saturated heterocycles. The van der Waals surface area contributed by atoms with Crippen molar-refractivity contribution in [2.24, 2.45) is 0 Å². The molecule has 0 N–H and O–H groups in total. The second kappa shape index (κ2) is 13.2. The van der Waals surface area contributed by atoms with Crippen LogP contribution in [0.3, 0.4) is 0 Å². The molecule has 0 heterocycles. The quantitative estimate of drug-likeness (QED) is 0.259. The monoisotopic (exact) mass is 296 g/mol. The van der Waals surface area contributed by atoms with E-state index in [1.54, 1.807) is 0 Å². The SMILES string of the molecule is CCCCCCCCCCCC(=O)OC1CCCCCC1. The normalized spacial score (nSPS) is 16.6. The molecule has 1 rings (SSSR count). The van der Waals surface area contributed by atoms with Crippen LogP contribution in [0.15, 0.2) is 0 Å². The fraction of sp³-hybridized carbons (Fsp3) is 0.947. The van der Waals surface area contributed by atoms with Crippen molar-refractivity contribution in [1.29, 1.82) is 0 Å². The molecular formula is C19H36O2. The highest BCUT2D eigenvalue weighted by molar-refractivity contribution is 5.69. The first-order valence-electron chi connectivity index (χ1n) is 9.52. The van der Waals surface area contributed by atoms with Crippen molar-refractivity contribution >= 4 is 5.97 Å². The average molecular weight is 296 g/mol. The molecule has 21 heavy (non-hydrogen) atoms. The topological polar surface area (TPSA) is 26.3 Å². The fourth-order valence-corrected chi connectivity index (χ4v) is 3.18. The van der Waals surface area contributed by atoms with E-state index in [0.717, 1.165) is 19.3 Å². The molecule has 0 bridgehead atoms. The number of unbranched alkanes of at least 4 members (excludes halogenated alkanes) is 8. The summed E-state index contributed by atoms with van der Waals surface area (Å²) < 4.78 is 5.60. The molecule has 0 spiro atoms. The third kappa shape index (κ3) is 10.8. The predicted octanol–water partition coefficient (Wildman–Crippen LogP) is 6.17. The summed E-state index contributed by atoms with van der Waals surface area (Å²) in [6, 6.07) is 0. The average Bonchev–Trinajstić information content (AvgIpc) is 2.74. The van der Waals surface area contributed by atoms with Crippen LogP contribution in [0.2, 0.25) is 0 Å². The Morgan fingerprint density at radius 2 is 1.33 bits per heavy atom. The molecule has 2 heteroatoms. The molecule has 1 aliphatic carbocycles. The van der Waals surface area contributed by atoms with E-state index < -0.39 is 0 Å². The highest BCUT2D eigenvalue weighted by atomic mass is 16.5. The lowest BCUT2D eigenvalue weighted by Crippen LogP contribution is -2.17. The van der Waals surface area contributed by atoms with Gasteiger partial charge in [-0.1, -0.05) is 71.1 Å². The minimum atomic E-state index is 0.0462. The summed E-state index contributed by atoms with van der Waals surface area (Å²) in [6.07, 6.45) is 19.8. The van der Waals surface area contributed by atoms with Gasteiger partial charge in [0.15, 0.2) is 0 Å². The maximum Gasteiger partial charge on any atom is 0.306 e. The highest BCUT2D eigenvalue weighted by Gasteiger charge is 2.16. The van der Waals surface area contributed by atoms with Crippen molar-refractivity contribution in [3.63, 3.8) is 0 Å². The van der Waals surface area contributed by atoms with E-state index in [2.05, 4.69) is 6.92 Å². The summed E-state index contributed by atoms with van der Waals surface area (Å²) >= 11 is 0. The fourth-order valence-electron chi connectivity index (χ4n) is 3.18. The number of hydrogen-bond donors (Lipinski definition) is 0. The first kappa shape index (κ1) is 18.5. The van der Waals surface area contributed by atoms with Gasteiger partial charge in [0.2, 0.25) is 0 Å². The molecular weight excluding hydrogens is 260 g/mol. The second-order valence-electron chi connectivity index (χ2n) is 6.68. The summed E-state index contributed by atoms with van der Waals surface area (Å²) in [5.74, 6) is 0.0462. The number of hydrogen-bond acceptors (Lipinski definition) is 2. The standard InChI is InChI=1S/C19H36O2/c1-2-3-4-5-6-7-8-9-14-17-19(20)21-18-15-12-10-11-13-16-18/h18H,2-17H2,1H3. The number of esters is 1. The lowest BCUT2D eigenvalue weighted by atomic mass is 10.1. The van der Waals surface area contributed by atoms with Crippen molar-refractivity contribution < 1.29 is 9.53 Å². The third-order valence-electron chi connectivity index (χ3n) is 4.58. The number of rotatable bonds is 11. The van der Waals surface area contributed by atoms with Gasteiger partial charge in [0.1, 0.15) is 6.10 Å². The Bertz CT molecular complexity index is 242. The Labute approximate surface area is 132 Å². The first-order valence-corrected chi connectivity index (χ1v) is 9.52. The maximum atomic E-state index is 11.8. The van der Waals surface area contributed by atoms with Crippen molar-refractivity contribution in [2.75, 3.05) is 0 Å². The molecule has 0 aromatic rings. The van der Waals surface area contributed by atoms with Gasteiger partial charge in [-0.2, -0.15) is 0 Å². The van der Waals surface area contributed by atoms with E-state index in [9.17, 15) is 4.79 Å². The van der Waals surface area contributed by atoms with E-state index in [1.807, 2.05) is 0 Å². The molecule has 0 atom stereocenters. The summed E-state index contributed by atoms with van der Waals surface area (Å²) in [7, 11) is 0. The van der Waals surface area contributed by atoms with Gasteiger partial charge >= 0.3 is 5.97 Å². The Balaban J connectivity index is 1.88. The molecule has 0 aromatic carbocycles. The van der Waals surface area contributed by atoms with Crippen molar-refractivity contribution in [2.45, 2.75) is 116 Å². The lowest BCUT2D eigenvalue weighted by molar-refractivity contribution is -0.149. The van der Waals surface area contributed by atoms with Gasteiger partial charge in [0, 0.05) is 6.42 Å². The van der Waals surface area contributed by atoms with Gasteiger partial charge in [0.05, 0.1) is 0 Å². The third-order valence-corrected chi connectivity index (χ3v) is 4.58. The first-order chi connectivity index (χ1) is 10.3. The lowest BCUT2D eigenvalue weighted by Gasteiger charge is -2.15. The summed E-state index contributed by atoms with van der Waals surface area (Å²) in [4.78, 5) is 11.8. The summed E-state index contributed by atoms with van der Waals surface area (Å²) in [6.45, 7) is 2.26. The maximum absolute atomic E-state index is 11.8. The van der Waals surface area contributed by atoms with Crippen LogP contribution in [0.1, 0.15) is 110 Å². The van der Waals surface area contributed by atoms with Crippen LogP contribution < -0.4 is 0 Å². The largest absolute Gasteiger partial charge is 0.462 e. The molecule has 0 unspecified atom stereocenters. The molecule has 1 saturated carbocycles. The summed E-state index contributed by atoms with van der Waals surface area (Å²) in [5.41, 5.74) is 0. The van der Waals surface area contributed by atoms with Crippen LogP contribution in [0.4, 0.5) is 0 Å². The van der Waals surface area contributed by atoms with Gasteiger partial charge < -0.3 is 4.74 Å². The molecule has 1 fully saturated rings. The smallest absolute Gasteiger partial charge is 0.306 e. The van der Waals surface area contributed by atoms with E-state index >= 15 is 0 Å². The minimum absolute atomic E-state index is 0.0462. The zero-order valence-electron chi connectivity index (χ0n) is 14.2. The second-order valence-corrected chi connectivity index (χ2v) is 6.68. The van der Waals surface area contributed by atoms with Crippen LogP contribution in [-0.4, -0.2) is 12.1 Å². The van der Waals surface area contributed by atoms with Crippen LogP contribution in [-0.2, 0) is 9.53 Å². The Kier molecular flexibility index (Phi) is 11.6. The van der Waals surface area contributed by atoms with Crippen LogP contribution in [0.5, 0.6) is 0 Å². The number of carbonyl (C=O) groups is 1. The van der Waals surface area contributed by atoms with Crippen molar-refractivity contribution in [3.05, 3.63) is 0 Å². The molecule has 0 amide bonds. The molecule has 0 aromatic heterocycles. The van der Waals surface area contributed by atoms with E-state index in [4.69, 9.17) is 4.74 Å². The van der Waals surface area contributed by atoms with Crippen molar-refractivity contribution in [3.8, 4) is 0 Å². The van der Waals surface area contributed by atoms with E-state index in [-0.39, 0.29) is 12.1 Å². The van der Waals surface area contributed by atoms with Crippen LogP contribution >= 0.6 is 0 Å². The Morgan fingerprint density at radius 3 is 1.90 bits per heavy atom. The Morgan fingerprint density at radius 1 is 0.810 bits per heavy atom. The van der Waals surface area contributed by atoms with Gasteiger partial charge in [-0.05, 0) is 32.1 Å². The van der Waals surface area contributed by atoms with Crippen LogP contribution in [0.25, 0.3) is 0 Å².